The number of hydrogen-bond donors (Lipinski definition) is 0. The Morgan fingerprint density at radius 3 is 2.29 bits per heavy atom. The van der Waals surface area contributed by atoms with Crippen LogP contribution in [0.5, 0.6) is 5.75 Å². The first-order valence-corrected chi connectivity index (χ1v) is 10.9. The normalized spacial score (nSPS) is 17.6. The van der Waals surface area contributed by atoms with Crippen molar-refractivity contribution in [3.05, 3.63) is 70.4 Å². The zero-order valence-corrected chi connectivity index (χ0v) is 18.6. The summed E-state index contributed by atoms with van der Waals surface area (Å²) in [6.07, 6.45) is 0. The second-order valence-electron chi connectivity index (χ2n) is 7.63. The van der Waals surface area contributed by atoms with Crippen LogP contribution in [0.1, 0.15) is 18.1 Å². The summed E-state index contributed by atoms with van der Waals surface area (Å²) in [5.74, 6) is -0.0268. The number of ether oxygens (including phenoxy) is 1. The summed E-state index contributed by atoms with van der Waals surface area (Å²) in [4.78, 5) is 32.8. The predicted molar refractivity (Wildman–Crippen MR) is 121 cm³/mol. The van der Waals surface area contributed by atoms with Crippen LogP contribution in [0.15, 0.2) is 54.2 Å². The van der Waals surface area contributed by atoms with Crippen molar-refractivity contribution in [3.8, 4) is 5.75 Å². The number of imide groups is 1. The third-order valence-corrected chi connectivity index (χ3v) is 6.31. The molecule has 2 aromatic rings. The highest BCUT2D eigenvalue weighted by Gasteiger charge is 2.43. The lowest BCUT2D eigenvalue weighted by Crippen LogP contribution is -2.47. The zero-order valence-electron chi connectivity index (χ0n) is 17.8. The van der Waals surface area contributed by atoms with Crippen molar-refractivity contribution in [2.75, 3.05) is 39.8 Å². The minimum Gasteiger partial charge on any atom is -0.496 e. The number of benzene rings is 2. The van der Waals surface area contributed by atoms with E-state index in [2.05, 4.69) is 11.8 Å². The van der Waals surface area contributed by atoms with E-state index in [1.54, 1.807) is 13.2 Å². The molecular weight excluding hydrogens is 414 g/mol. The van der Waals surface area contributed by atoms with Gasteiger partial charge in [-0.05, 0) is 24.2 Å². The molecule has 4 rings (SSSR count). The second kappa shape index (κ2) is 9.12. The molecule has 2 aliphatic rings. The van der Waals surface area contributed by atoms with Gasteiger partial charge in [0.05, 0.1) is 19.2 Å². The van der Waals surface area contributed by atoms with Crippen molar-refractivity contribution in [2.45, 2.75) is 13.5 Å². The number of piperazine rings is 1. The van der Waals surface area contributed by atoms with Gasteiger partial charge in [-0.2, -0.15) is 0 Å². The quantitative estimate of drug-likeness (QED) is 0.646. The molecule has 2 aliphatic heterocycles. The van der Waals surface area contributed by atoms with Crippen LogP contribution in [0.25, 0.3) is 5.57 Å². The van der Waals surface area contributed by atoms with Crippen LogP contribution in [0, 0.1) is 0 Å². The summed E-state index contributed by atoms with van der Waals surface area (Å²) in [7, 11) is 1.57. The van der Waals surface area contributed by atoms with Gasteiger partial charge in [-0.1, -0.05) is 54.9 Å². The average molecular weight is 440 g/mol. The maximum absolute atomic E-state index is 13.6. The van der Waals surface area contributed by atoms with Gasteiger partial charge in [0.1, 0.15) is 11.4 Å². The number of hydrogen-bond acceptors (Lipinski definition) is 5. The molecule has 0 aliphatic carbocycles. The van der Waals surface area contributed by atoms with Crippen LogP contribution in [0.2, 0.25) is 5.02 Å². The average Bonchev–Trinajstić information content (AvgIpc) is 3.05. The number of halogens is 1. The largest absolute Gasteiger partial charge is 0.496 e. The van der Waals surface area contributed by atoms with Crippen molar-refractivity contribution in [1.82, 2.24) is 14.7 Å². The van der Waals surface area contributed by atoms with Crippen molar-refractivity contribution in [2.24, 2.45) is 0 Å². The van der Waals surface area contributed by atoms with Gasteiger partial charge < -0.3 is 14.5 Å². The van der Waals surface area contributed by atoms with E-state index in [1.807, 2.05) is 47.4 Å². The number of rotatable bonds is 6. The van der Waals surface area contributed by atoms with Gasteiger partial charge in [0, 0.05) is 36.8 Å². The van der Waals surface area contributed by atoms with E-state index in [-0.39, 0.29) is 18.4 Å². The summed E-state index contributed by atoms with van der Waals surface area (Å²) in [6.45, 7) is 6.33. The van der Waals surface area contributed by atoms with Crippen LogP contribution < -0.4 is 4.74 Å². The summed E-state index contributed by atoms with van der Waals surface area (Å²) in [5, 5.41) is 0.534. The van der Waals surface area contributed by atoms with Crippen LogP contribution in [-0.4, -0.2) is 66.3 Å². The lowest BCUT2D eigenvalue weighted by atomic mass is 10.0. The monoisotopic (exact) mass is 439 g/mol. The minimum atomic E-state index is -0.317. The van der Waals surface area contributed by atoms with Crippen molar-refractivity contribution in [1.29, 1.82) is 0 Å². The van der Waals surface area contributed by atoms with E-state index >= 15 is 0 Å². The molecule has 2 heterocycles. The Morgan fingerprint density at radius 2 is 1.61 bits per heavy atom. The second-order valence-corrected chi connectivity index (χ2v) is 8.04. The molecule has 31 heavy (non-hydrogen) atoms. The molecule has 0 saturated carbocycles. The number of carbonyl (C=O) groups excluding carboxylic acids is 2. The summed E-state index contributed by atoms with van der Waals surface area (Å²) in [6, 6.07) is 14.6. The Kier molecular flexibility index (Phi) is 6.30. The molecule has 7 heteroatoms. The topological polar surface area (TPSA) is 53.1 Å². The Hall–Kier alpha value is -2.83. The third-order valence-electron chi connectivity index (χ3n) is 5.94. The number of amides is 2. The zero-order chi connectivity index (χ0) is 22.0. The molecule has 0 spiro atoms. The van der Waals surface area contributed by atoms with Gasteiger partial charge in [-0.3, -0.25) is 14.5 Å². The summed E-state index contributed by atoms with van der Waals surface area (Å²) in [5.41, 5.74) is 2.23. The highest BCUT2D eigenvalue weighted by atomic mass is 35.5. The minimum absolute atomic E-state index is 0.133. The van der Waals surface area contributed by atoms with Crippen molar-refractivity contribution < 1.29 is 14.3 Å². The Balaban J connectivity index is 1.75. The fourth-order valence-corrected chi connectivity index (χ4v) is 4.37. The molecule has 0 unspecified atom stereocenters. The Bertz CT molecular complexity index is 1030. The highest BCUT2D eigenvalue weighted by molar-refractivity contribution is 6.36. The lowest BCUT2D eigenvalue weighted by Gasteiger charge is -2.36. The molecule has 0 atom stereocenters. The van der Waals surface area contributed by atoms with Gasteiger partial charge in [-0.25, -0.2) is 0 Å². The van der Waals surface area contributed by atoms with Gasteiger partial charge in [0.2, 0.25) is 0 Å². The highest BCUT2D eigenvalue weighted by Crippen LogP contribution is 2.37. The molecule has 2 aromatic carbocycles. The molecule has 0 bridgehead atoms. The molecule has 2 amide bonds. The number of methoxy groups -OCH3 is 1. The van der Waals surface area contributed by atoms with Crippen LogP contribution in [0.4, 0.5) is 0 Å². The van der Waals surface area contributed by atoms with E-state index < -0.39 is 0 Å². The molecule has 0 N–H and O–H groups in total. The van der Waals surface area contributed by atoms with Gasteiger partial charge >= 0.3 is 0 Å². The van der Waals surface area contributed by atoms with Crippen molar-refractivity contribution in [3.63, 3.8) is 0 Å². The lowest BCUT2D eigenvalue weighted by molar-refractivity contribution is -0.138. The molecular formula is C24H26ClN3O3. The SMILES string of the molecule is CCN1CCN(C2=C(c3ccccc3OC)C(=O)N(Cc3ccccc3Cl)C2=O)CC1. The number of nitrogens with zero attached hydrogens (tertiary/aromatic N) is 3. The third kappa shape index (κ3) is 4.05. The van der Waals surface area contributed by atoms with Gasteiger partial charge in [-0.15, -0.1) is 0 Å². The van der Waals surface area contributed by atoms with E-state index in [0.717, 1.165) is 25.2 Å². The fraction of sp³-hybridized carbons (Fsp3) is 0.333. The van der Waals surface area contributed by atoms with Crippen LogP contribution >= 0.6 is 11.6 Å². The first-order valence-electron chi connectivity index (χ1n) is 10.5. The standard InChI is InChI=1S/C24H26ClN3O3/c1-3-26-12-14-27(15-13-26)22-21(18-9-5-7-11-20(18)31-2)23(29)28(24(22)30)16-17-8-4-6-10-19(17)25/h4-11H,3,12-16H2,1-2H3. The molecule has 162 valence electrons. The smallest absolute Gasteiger partial charge is 0.278 e. The Morgan fingerprint density at radius 1 is 0.935 bits per heavy atom. The van der Waals surface area contributed by atoms with Crippen LogP contribution in [-0.2, 0) is 16.1 Å². The molecule has 0 aromatic heterocycles. The summed E-state index contributed by atoms with van der Waals surface area (Å²) < 4.78 is 5.52. The van der Waals surface area contributed by atoms with Gasteiger partial charge in [0.15, 0.2) is 0 Å². The molecule has 1 fully saturated rings. The molecule has 0 radical (unpaired) electrons. The van der Waals surface area contributed by atoms with Gasteiger partial charge in [0.25, 0.3) is 11.8 Å². The van der Waals surface area contributed by atoms with E-state index in [1.165, 1.54) is 4.90 Å². The Labute approximate surface area is 187 Å². The number of para-hydroxylation sites is 1. The number of carbonyl (C=O) groups is 2. The fourth-order valence-electron chi connectivity index (χ4n) is 4.18. The van der Waals surface area contributed by atoms with E-state index in [0.29, 0.717) is 40.7 Å². The van der Waals surface area contributed by atoms with Crippen molar-refractivity contribution >= 4 is 29.0 Å². The van der Waals surface area contributed by atoms with E-state index in [9.17, 15) is 9.59 Å². The molecule has 1 saturated heterocycles. The maximum atomic E-state index is 13.6. The predicted octanol–water partition coefficient (Wildman–Crippen LogP) is 3.27. The van der Waals surface area contributed by atoms with Crippen LogP contribution in [0.3, 0.4) is 0 Å². The molecule has 6 nitrogen and oxygen atoms in total. The maximum Gasteiger partial charge on any atom is 0.278 e. The first-order chi connectivity index (χ1) is 15.0. The first kappa shape index (κ1) is 21.4. The number of likely N-dealkylation sites (N-methyl/N-ethyl adjacent to an activating group) is 1. The summed E-state index contributed by atoms with van der Waals surface area (Å²) >= 11 is 6.32. The van der Waals surface area contributed by atoms with E-state index in [4.69, 9.17) is 16.3 Å².